The minimum atomic E-state index is -0.155. The lowest BCUT2D eigenvalue weighted by molar-refractivity contribution is 0.151. The summed E-state index contributed by atoms with van der Waals surface area (Å²) in [7, 11) is 0. The summed E-state index contributed by atoms with van der Waals surface area (Å²) in [5.74, 6) is 1.49. The van der Waals surface area contributed by atoms with Crippen LogP contribution in [0.25, 0.3) is 0 Å². The Labute approximate surface area is 104 Å². The number of rotatable bonds is 1. The van der Waals surface area contributed by atoms with Crippen molar-refractivity contribution in [3.63, 3.8) is 0 Å². The zero-order chi connectivity index (χ0) is 11.8. The highest BCUT2D eigenvalue weighted by Crippen LogP contribution is 2.41. The van der Waals surface area contributed by atoms with Gasteiger partial charge in [0.1, 0.15) is 5.76 Å². The molecule has 0 bridgehead atoms. The number of hydrogen-bond acceptors (Lipinski definition) is 3. The van der Waals surface area contributed by atoms with Gasteiger partial charge in [-0.15, -0.1) is 0 Å². The molecule has 0 saturated heterocycles. The van der Waals surface area contributed by atoms with E-state index in [1.54, 1.807) is 6.26 Å². The normalized spacial score (nSPS) is 22.5. The smallest absolute Gasteiger partial charge is 0.176 e. The minimum Gasteiger partial charge on any atom is -0.477 e. The second kappa shape index (κ2) is 4.00. The predicted octanol–water partition coefficient (Wildman–Crippen LogP) is 3.87. The quantitative estimate of drug-likeness (QED) is 0.833. The molecule has 3 nitrogen and oxygen atoms in total. The molecule has 0 fully saturated rings. The van der Waals surface area contributed by atoms with E-state index >= 15 is 0 Å². The molecular weight excluding hydrogens is 238 g/mol. The SMILES string of the molecule is CC1Nc2cccc(Cl)c2OC1c1ccco1. The molecule has 2 aromatic rings. The van der Waals surface area contributed by atoms with E-state index in [2.05, 4.69) is 12.2 Å². The van der Waals surface area contributed by atoms with Crippen molar-refractivity contribution in [2.24, 2.45) is 0 Å². The van der Waals surface area contributed by atoms with Gasteiger partial charge in [0.2, 0.25) is 0 Å². The Kier molecular flexibility index (Phi) is 2.48. The fourth-order valence-corrected chi connectivity index (χ4v) is 2.27. The Morgan fingerprint density at radius 2 is 2.12 bits per heavy atom. The summed E-state index contributed by atoms with van der Waals surface area (Å²) in [6, 6.07) is 9.57. The van der Waals surface area contributed by atoms with E-state index in [0.717, 1.165) is 11.4 Å². The molecule has 0 saturated carbocycles. The zero-order valence-electron chi connectivity index (χ0n) is 9.31. The number of fused-ring (bicyclic) bond motifs is 1. The average molecular weight is 250 g/mol. The summed E-state index contributed by atoms with van der Waals surface area (Å²) in [4.78, 5) is 0. The van der Waals surface area contributed by atoms with Crippen molar-refractivity contribution in [3.05, 3.63) is 47.4 Å². The number of ether oxygens (including phenoxy) is 1. The number of furan rings is 1. The van der Waals surface area contributed by atoms with Gasteiger partial charge in [-0.05, 0) is 31.2 Å². The van der Waals surface area contributed by atoms with Crippen LogP contribution in [0.4, 0.5) is 5.69 Å². The number of benzene rings is 1. The first-order valence-electron chi connectivity index (χ1n) is 5.51. The lowest BCUT2D eigenvalue weighted by Gasteiger charge is -2.32. The molecule has 0 spiro atoms. The number of anilines is 1. The van der Waals surface area contributed by atoms with Gasteiger partial charge in [0.25, 0.3) is 0 Å². The van der Waals surface area contributed by atoms with Gasteiger partial charge < -0.3 is 14.5 Å². The molecule has 1 aliphatic rings. The van der Waals surface area contributed by atoms with E-state index in [4.69, 9.17) is 20.8 Å². The lowest BCUT2D eigenvalue weighted by atomic mass is 10.1. The van der Waals surface area contributed by atoms with Gasteiger partial charge in [0, 0.05) is 0 Å². The highest BCUT2D eigenvalue weighted by Gasteiger charge is 2.30. The number of halogens is 1. The molecular formula is C13H12ClNO2. The summed E-state index contributed by atoms with van der Waals surface area (Å²) in [6.45, 7) is 2.05. The Morgan fingerprint density at radius 1 is 1.24 bits per heavy atom. The van der Waals surface area contributed by atoms with Gasteiger partial charge in [0.05, 0.1) is 23.0 Å². The highest BCUT2D eigenvalue weighted by molar-refractivity contribution is 6.32. The predicted molar refractivity (Wildman–Crippen MR) is 66.6 cm³/mol. The first-order valence-corrected chi connectivity index (χ1v) is 5.88. The summed E-state index contributed by atoms with van der Waals surface area (Å²) in [5, 5.41) is 3.98. The Hall–Kier alpha value is -1.61. The van der Waals surface area contributed by atoms with E-state index in [1.807, 2.05) is 30.3 Å². The van der Waals surface area contributed by atoms with Crippen molar-refractivity contribution in [2.75, 3.05) is 5.32 Å². The summed E-state index contributed by atoms with van der Waals surface area (Å²) >= 11 is 6.12. The second-order valence-electron chi connectivity index (χ2n) is 4.10. The van der Waals surface area contributed by atoms with E-state index in [1.165, 1.54) is 0 Å². The van der Waals surface area contributed by atoms with Crippen LogP contribution in [-0.2, 0) is 0 Å². The molecule has 0 aliphatic carbocycles. The van der Waals surface area contributed by atoms with Crippen LogP contribution >= 0.6 is 11.6 Å². The van der Waals surface area contributed by atoms with E-state index < -0.39 is 0 Å². The second-order valence-corrected chi connectivity index (χ2v) is 4.51. The maximum absolute atomic E-state index is 6.12. The Morgan fingerprint density at radius 3 is 2.88 bits per heavy atom. The van der Waals surface area contributed by atoms with Crippen LogP contribution in [0.15, 0.2) is 41.0 Å². The van der Waals surface area contributed by atoms with Crippen LogP contribution in [-0.4, -0.2) is 6.04 Å². The molecule has 2 unspecified atom stereocenters. The van der Waals surface area contributed by atoms with Crippen LogP contribution in [0.1, 0.15) is 18.8 Å². The maximum Gasteiger partial charge on any atom is 0.176 e. The van der Waals surface area contributed by atoms with E-state index in [9.17, 15) is 0 Å². The molecule has 0 radical (unpaired) electrons. The summed E-state index contributed by atoms with van der Waals surface area (Å²) in [6.07, 6.45) is 1.49. The highest BCUT2D eigenvalue weighted by atomic mass is 35.5. The molecule has 2 atom stereocenters. The standard InChI is InChI=1S/C13H12ClNO2/c1-8-12(11-6-3-7-16-11)17-13-9(14)4-2-5-10(13)15-8/h2-8,12,15H,1H3. The van der Waals surface area contributed by atoms with Crippen LogP contribution in [0.2, 0.25) is 5.02 Å². The van der Waals surface area contributed by atoms with Crippen molar-refractivity contribution in [3.8, 4) is 5.75 Å². The first kappa shape index (κ1) is 10.5. The molecule has 1 N–H and O–H groups in total. The van der Waals surface area contributed by atoms with Gasteiger partial charge in [0.15, 0.2) is 11.9 Å². The van der Waals surface area contributed by atoms with Gasteiger partial charge in [-0.3, -0.25) is 0 Å². The largest absolute Gasteiger partial charge is 0.477 e. The maximum atomic E-state index is 6.12. The summed E-state index contributed by atoms with van der Waals surface area (Å²) in [5.41, 5.74) is 0.924. The molecule has 4 heteroatoms. The number of nitrogens with one attached hydrogen (secondary N) is 1. The third-order valence-electron chi connectivity index (χ3n) is 2.87. The van der Waals surface area contributed by atoms with Crippen molar-refractivity contribution in [1.82, 2.24) is 0 Å². The monoisotopic (exact) mass is 249 g/mol. The average Bonchev–Trinajstić information content (AvgIpc) is 2.82. The zero-order valence-corrected chi connectivity index (χ0v) is 10.1. The van der Waals surface area contributed by atoms with E-state index in [0.29, 0.717) is 10.8 Å². The number of hydrogen-bond donors (Lipinski definition) is 1. The molecule has 17 heavy (non-hydrogen) atoms. The number of para-hydroxylation sites is 1. The van der Waals surface area contributed by atoms with Gasteiger partial charge in [-0.25, -0.2) is 0 Å². The van der Waals surface area contributed by atoms with Crippen molar-refractivity contribution < 1.29 is 9.15 Å². The third kappa shape index (κ3) is 1.76. The topological polar surface area (TPSA) is 34.4 Å². The Bertz CT molecular complexity index is 524. The Balaban J connectivity index is 2.00. The van der Waals surface area contributed by atoms with Crippen molar-refractivity contribution in [2.45, 2.75) is 19.1 Å². The third-order valence-corrected chi connectivity index (χ3v) is 3.17. The van der Waals surface area contributed by atoms with Crippen LogP contribution in [0, 0.1) is 0 Å². The molecule has 0 amide bonds. The first-order chi connectivity index (χ1) is 8.25. The van der Waals surface area contributed by atoms with Gasteiger partial charge in [-0.1, -0.05) is 17.7 Å². The lowest BCUT2D eigenvalue weighted by Crippen LogP contribution is -2.32. The van der Waals surface area contributed by atoms with Crippen molar-refractivity contribution in [1.29, 1.82) is 0 Å². The fraction of sp³-hybridized carbons (Fsp3) is 0.231. The van der Waals surface area contributed by atoms with E-state index in [-0.39, 0.29) is 12.1 Å². The molecule has 2 heterocycles. The van der Waals surface area contributed by atoms with Gasteiger partial charge in [-0.2, -0.15) is 0 Å². The molecule has 1 aliphatic heterocycles. The molecule has 88 valence electrons. The molecule has 3 rings (SSSR count). The summed E-state index contributed by atoms with van der Waals surface area (Å²) < 4.78 is 11.3. The van der Waals surface area contributed by atoms with Crippen LogP contribution < -0.4 is 10.1 Å². The molecule has 1 aromatic heterocycles. The van der Waals surface area contributed by atoms with Crippen LogP contribution in [0.3, 0.4) is 0 Å². The molecule has 1 aromatic carbocycles. The van der Waals surface area contributed by atoms with Crippen LogP contribution in [0.5, 0.6) is 5.75 Å². The van der Waals surface area contributed by atoms with Gasteiger partial charge >= 0.3 is 0 Å². The minimum absolute atomic E-state index is 0.132. The van der Waals surface area contributed by atoms with Crippen molar-refractivity contribution >= 4 is 17.3 Å². The fourth-order valence-electron chi connectivity index (χ4n) is 2.05.